The van der Waals surface area contributed by atoms with E-state index in [9.17, 15) is 13.2 Å². The number of oxime groups is 1. The molecule has 34 heavy (non-hydrogen) atoms. The highest BCUT2D eigenvalue weighted by atomic mass is 35.5. The highest BCUT2D eigenvalue weighted by Crippen LogP contribution is 2.49. The number of rotatable bonds is 8. The lowest BCUT2D eigenvalue weighted by Crippen LogP contribution is -2.42. The van der Waals surface area contributed by atoms with E-state index in [1.54, 1.807) is 18.2 Å². The monoisotopic (exact) mass is 511 g/mol. The van der Waals surface area contributed by atoms with Crippen LogP contribution in [0.4, 0.5) is 13.2 Å². The Morgan fingerprint density at radius 2 is 1.79 bits per heavy atom. The molecule has 0 aromatic heterocycles. The molecule has 0 amide bonds. The van der Waals surface area contributed by atoms with Gasteiger partial charge in [-0.2, -0.15) is 13.2 Å². The summed E-state index contributed by atoms with van der Waals surface area (Å²) in [6.07, 6.45) is -5.25. The average molecular weight is 512 g/mol. The third-order valence-electron chi connectivity index (χ3n) is 5.41. The second-order valence-electron chi connectivity index (χ2n) is 8.55. The van der Waals surface area contributed by atoms with Crippen molar-refractivity contribution in [3.63, 3.8) is 0 Å². The summed E-state index contributed by atoms with van der Waals surface area (Å²) < 4.78 is 42.6. The third kappa shape index (κ3) is 5.53. The van der Waals surface area contributed by atoms with Gasteiger partial charge in [0, 0.05) is 39.5 Å². The lowest BCUT2D eigenvalue weighted by Gasteiger charge is -2.29. The van der Waals surface area contributed by atoms with Gasteiger partial charge in [-0.25, -0.2) is 0 Å². The SMILES string of the molecule is C=C(CNC(=C)c1ccc(C2=NOC(c3cc(Cl)cc(Cl)c3)(C(F)(F)F)C2)cc1C)NC(C)C. The summed E-state index contributed by atoms with van der Waals surface area (Å²) in [4.78, 5) is 5.08. The summed E-state index contributed by atoms with van der Waals surface area (Å²) in [6, 6.07) is 9.30. The van der Waals surface area contributed by atoms with Crippen LogP contribution in [0.5, 0.6) is 0 Å². The van der Waals surface area contributed by atoms with Crippen LogP contribution >= 0.6 is 23.2 Å². The molecular weight excluding hydrogens is 486 g/mol. The molecule has 2 aromatic carbocycles. The lowest BCUT2D eigenvalue weighted by molar-refractivity contribution is -0.275. The first kappa shape index (κ1) is 26.0. The molecule has 0 aliphatic carbocycles. The minimum atomic E-state index is -4.74. The molecule has 2 N–H and O–H groups in total. The molecule has 3 rings (SSSR count). The summed E-state index contributed by atoms with van der Waals surface area (Å²) in [5.41, 5.74) is 1.01. The van der Waals surface area contributed by atoms with E-state index >= 15 is 0 Å². The van der Waals surface area contributed by atoms with Gasteiger partial charge in [-0.05, 0) is 61.7 Å². The Hall–Kier alpha value is -2.64. The van der Waals surface area contributed by atoms with Gasteiger partial charge in [-0.15, -0.1) is 0 Å². The van der Waals surface area contributed by atoms with E-state index in [1.807, 2.05) is 20.8 Å². The molecular formula is C25H26Cl2F3N3O. The lowest BCUT2D eigenvalue weighted by atomic mass is 9.86. The van der Waals surface area contributed by atoms with E-state index in [-0.39, 0.29) is 27.4 Å². The van der Waals surface area contributed by atoms with E-state index in [0.29, 0.717) is 17.8 Å². The molecule has 2 aromatic rings. The topological polar surface area (TPSA) is 45.7 Å². The third-order valence-corrected chi connectivity index (χ3v) is 5.84. The Labute approximate surface area is 207 Å². The fourth-order valence-corrected chi connectivity index (χ4v) is 4.32. The molecule has 1 aliphatic rings. The molecule has 0 fully saturated rings. The van der Waals surface area contributed by atoms with Crippen molar-refractivity contribution in [2.24, 2.45) is 5.16 Å². The molecule has 1 atom stereocenters. The van der Waals surface area contributed by atoms with Crippen molar-refractivity contribution < 1.29 is 18.0 Å². The van der Waals surface area contributed by atoms with Crippen molar-refractivity contribution >= 4 is 34.6 Å². The van der Waals surface area contributed by atoms with Crippen LogP contribution in [-0.4, -0.2) is 24.5 Å². The summed E-state index contributed by atoms with van der Waals surface area (Å²) in [7, 11) is 0. The Morgan fingerprint density at radius 1 is 1.15 bits per heavy atom. The van der Waals surface area contributed by atoms with Crippen molar-refractivity contribution in [3.05, 3.63) is 87.6 Å². The molecule has 182 valence electrons. The zero-order valence-corrected chi connectivity index (χ0v) is 20.6. The van der Waals surface area contributed by atoms with Crippen LogP contribution in [-0.2, 0) is 10.4 Å². The fraction of sp³-hybridized carbons (Fsp3) is 0.320. The minimum absolute atomic E-state index is 0.0839. The van der Waals surface area contributed by atoms with E-state index in [1.165, 1.54) is 18.2 Å². The van der Waals surface area contributed by atoms with Crippen molar-refractivity contribution in [2.45, 2.75) is 45.0 Å². The predicted molar refractivity (Wildman–Crippen MR) is 132 cm³/mol. The van der Waals surface area contributed by atoms with Gasteiger partial charge in [0.1, 0.15) is 0 Å². The molecule has 0 saturated carbocycles. The predicted octanol–water partition coefficient (Wildman–Crippen LogP) is 6.96. The van der Waals surface area contributed by atoms with Crippen LogP contribution in [0.1, 0.15) is 42.5 Å². The smallest absolute Gasteiger partial charge is 0.385 e. The van der Waals surface area contributed by atoms with E-state index in [0.717, 1.165) is 16.8 Å². The van der Waals surface area contributed by atoms with Crippen LogP contribution in [0.25, 0.3) is 5.70 Å². The summed E-state index contributed by atoms with van der Waals surface area (Å²) in [5, 5.41) is 10.4. The fourth-order valence-electron chi connectivity index (χ4n) is 3.80. The standard InChI is InChI=1S/C25H26Cl2F3N3O/c1-14(2)32-16(4)13-31-17(5)22-7-6-18(8-15(22)3)23-12-24(34-33-23,25(28,29)30)19-9-20(26)11-21(27)10-19/h6-11,14,31-32H,4-5,12-13H2,1-3H3. The molecule has 0 spiro atoms. The summed E-state index contributed by atoms with van der Waals surface area (Å²) >= 11 is 11.9. The first-order valence-electron chi connectivity index (χ1n) is 10.6. The molecule has 4 nitrogen and oxygen atoms in total. The van der Waals surface area contributed by atoms with Crippen LogP contribution in [0.15, 0.2) is 60.4 Å². The Bertz CT molecular complexity index is 1120. The van der Waals surface area contributed by atoms with Crippen LogP contribution in [0, 0.1) is 6.92 Å². The van der Waals surface area contributed by atoms with E-state index in [2.05, 4.69) is 28.9 Å². The van der Waals surface area contributed by atoms with Crippen LogP contribution in [0.3, 0.4) is 0 Å². The van der Waals surface area contributed by atoms with Crippen LogP contribution < -0.4 is 10.6 Å². The zero-order chi connectivity index (χ0) is 25.3. The Balaban J connectivity index is 1.81. The van der Waals surface area contributed by atoms with Gasteiger partial charge in [0.05, 0.1) is 12.3 Å². The van der Waals surface area contributed by atoms with E-state index < -0.39 is 18.2 Å². The molecule has 1 aliphatic heterocycles. The first-order valence-corrected chi connectivity index (χ1v) is 11.3. The molecule has 0 saturated heterocycles. The molecule has 1 unspecified atom stereocenters. The molecule has 0 radical (unpaired) electrons. The van der Waals surface area contributed by atoms with Crippen molar-refractivity contribution in [2.75, 3.05) is 6.54 Å². The van der Waals surface area contributed by atoms with Gasteiger partial charge in [0.25, 0.3) is 5.60 Å². The number of nitrogens with zero attached hydrogens (tertiary/aromatic N) is 1. The molecule has 9 heteroatoms. The Kier molecular flexibility index (Phi) is 7.58. The quantitative estimate of drug-likeness (QED) is 0.402. The van der Waals surface area contributed by atoms with Gasteiger partial charge in [-0.1, -0.05) is 53.6 Å². The van der Waals surface area contributed by atoms with Crippen molar-refractivity contribution in [1.29, 1.82) is 0 Å². The maximum atomic E-state index is 14.2. The van der Waals surface area contributed by atoms with Gasteiger partial charge in [0.15, 0.2) is 0 Å². The summed E-state index contributed by atoms with van der Waals surface area (Å²) in [5.74, 6) is 0. The van der Waals surface area contributed by atoms with Gasteiger partial charge < -0.3 is 15.5 Å². The molecule has 0 bridgehead atoms. The summed E-state index contributed by atoms with van der Waals surface area (Å²) in [6.45, 7) is 14.4. The number of halogens is 5. The highest BCUT2D eigenvalue weighted by Gasteiger charge is 2.62. The van der Waals surface area contributed by atoms with Gasteiger partial charge in [0.2, 0.25) is 0 Å². The second-order valence-corrected chi connectivity index (χ2v) is 9.43. The Morgan fingerprint density at radius 3 is 2.35 bits per heavy atom. The number of hydrogen-bond donors (Lipinski definition) is 2. The normalized spacial score (nSPS) is 17.9. The number of hydrogen-bond acceptors (Lipinski definition) is 4. The maximum absolute atomic E-state index is 14.2. The largest absolute Gasteiger partial charge is 0.435 e. The maximum Gasteiger partial charge on any atom is 0.435 e. The van der Waals surface area contributed by atoms with Crippen LogP contribution in [0.2, 0.25) is 10.0 Å². The molecule has 1 heterocycles. The highest BCUT2D eigenvalue weighted by molar-refractivity contribution is 6.34. The number of benzene rings is 2. The average Bonchev–Trinajstić information content (AvgIpc) is 3.18. The second kappa shape index (κ2) is 9.92. The number of alkyl halides is 3. The van der Waals surface area contributed by atoms with E-state index in [4.69, 9.17) is 28.0 Å². The van der Waals surface area contributed by atoms with Gasteiger partial charge in [-0.3, -0.25) is 0 Å². The number of nitrogens with one attached hydrogen (secondary N) is 2. The zero-order valence-electron chi connectivity index (χ0n) is 19.1. The van der Waals surface area contributed by atoms with Crippen molar-refractivity contribution in [1.82, 2.24) is 10.6 Å². The number of aryl methyl sites for hydroxylation is 1. The first-order chi connectivity index (χ1) is 15.8. The van der Waals surface area contributed by atoms with Crippen molar-refractivity contribution in [3.8, 4) is 0 Å². The minimum Gasteiger partial charge on any atom is -0.385 e. The van der Waals surface area contributed by atoms with Gasteiger partial charge >= 0.3 is 6.18 Å².